The maximum absolute atomic E-state index is 8.84. The first-order valence-corrected chi connectivity index (χ1v) is 8.05. The van der Waals surface area contributed by atoms with Crippen molar-refractivity contribution in [3.05, 3.63) is 29.8 Å². The van der Waals surface area contributed by atoms with E-state index in [2.05, 4.69) is 17.0 Å². The van der Waals surface area contributed by atoms with Crippen LogP contribution < -0.4 is 4.74 Å². The maximum atomic E-state index is 8.84. The van der Waals surface area contributed by atoms with Gasteiger partial charge in [0.05, 0.1) is 19.3 Å². The lowest BCUT2D eigenvalue weighted by atomic mass is 9.90. The van der Waals surface area contributed by atoms with Gasteiger partial charge in [-0.3, -0.25) is 4.90 Å². The van der Waals surface area contributed by atoms with Gasteiger partial charge in [0, 0.05) is 19.1 Å². The molecule has 2 fully saturated rings. The van der Waals surface area contributed by atoms with Crippen molar-refractivity contribution in [2.45, 2.75) is 44.4 Å². The van der Waals surface area contributed by atoms with Gasteiger partial charge in [-0.15, -0.1) is 0 Å². The topological polar surface area (TPSA) is 41.9 Å². The summed E-state index contributed by atoms with van der Waals surface area (Å²) in [4.78, 5) is 2.57. The quantitative estimate of drug-likeness (QED) is 0.903. The normalized spacial score (nSPS) is 26.3. The van der Waals surface area contributed by atoms with E-state index in [9.17, 15) is 0 Å². The Hall–Kier alpha value is -1.10. The van der Waals surface area contributed by atoms with E-state index in [1.165, 1.54) is 31.2 Å². The van der Waals surface area contributed by atoms with Crippen molar-refractivity contribution < 1.29 is 14.6 Å². The number of ether oxygens (including phenoxy) is 2. The van der Waals surface area contributed by atoms with E-state index in [0.29, 0.717) is 18.8 Å². The molecule has 0 radical (unpaired) electrons. The number of rotatable bonds is 5. The fourth-order valence-electron chi connectivity index (χ4n) is 3.50. The minimum Gasteiger partial charge on any atom is -0.491 e. The predicted octanol–water partition coefficient (Wildman–Crippen LogP) is 2.20. The molecule has 3 rings (SSSR count). The van der Waals surface area contributed by atoms with Gasteiger partial charge in [-0.1, -0.05) is 25.0 Å². The second kappa shape index (κ2) is 7.25. The van der Waals surface area contributed by atoms with Crippen LogP contribution >= 0.6 is 0 Å². The van der Waals surface area contributed by atoms with Crippen molar-refractivity contribution in [2.24, 2.45) is 0 Å². The van der Waals surface area contributed by atoms with Crippen molar-refractivity contribution in [3.8, 4) is 5.75 Å². The Bertz CT molecular complexity index is 449. The third kappa shape index (κ3) is 3.76. The fraction of sp³-hybridized carbons (Fsp3) is 0.647. The van der Waals surface area contributed by atoms with Gasteiger partial charge in [0.2, 0.25) is 0 Å². The minimum absolute atomic E-state index is 0.0530. The van der Waals surface area contributed by atoms with Crippen molar-refractivity contribution in [3.63, 3.8) is 0 Å². The van der Waals surface area contributed by atoms with E-state index in [4.69, 9.17) is 14.6 Å². The van der Waals surface area contributed by atoms with Crippen molar-refractivity contribution in [1.29, 1.82) is 0 Å². The Morgan fingerprint density at radius 3 is 3.10 bits per heavy atom. The number of aliphatic hydroxyl groups is 1. The second-order valence-corrected chi connectivity index (χ2v) is 5.95. The highest BCUT2D eigenvalue weighted by atomic mass is 16.5. The minimum atomic E-state index is 0.0530. The van der Waals surface area contributed by atoms with Gasteiger partial charge >= 0.3 is 0 Å². The number of aliphatic hydroxyl groups excluding tert-OH is 1. The lowest BCUT2D eigenvalue weighted by molar-refractivity contribution is -0.0911. The van der Waals surface area contributed by atoms with Gasteiger partial charge in [0.15, 0.2) is 0 Å². The molecule has 21 heavy (non-hydrogen) atoms. The molecule has 2 atom stereocenters. The molecule has 1 aliphatic carbocycles. The van der Waals surface area contributed by atoms with Crippen LogP contribution in [0.3, 0.4) is 0 Å². The molecule has 4 nitrogen and oxygen atoms in total. The molecule has 0 bridgehead atoms. The molecule has 2 aliphatic rings. The van der Waals surface area contributed by atoms with Crippen molar-refractivity contribution in [2.75, 3.05) is 26.4 Å². The molecule has 1 aromatic rings. The van der Waals surface area contributed by atoms with Crippen LogP contribution in [0.5, 0.6) is 5.75 Å². The van der Waals surface area contributed by atoms with E-state index >= 15 is 0 Å². The molecule has 0 amide bonds. The molecular weight excluding hydrogens is 266 g/mol. The molecule has 0 spiro atoms. The molecule has 1 aliphatic heterocycles. The van der Waals surface area contributed by atoms with Crippen LogP contribution in [0.4, 0.5) is 0 Å². The Morgan fingerprint density at radius 1 is 1.29 bits per heavy atom. The average Bonchev–Trinajstić information content (AvgIpc) is 2.54. The first-order valence-electron chi connectivity index (χ1n) is 8.05. The highest BCUT2D eigenvalue weighted by Crippen LogP contribution is 2.29. The number of hydrogen-bond acceptors (Lipinski definition) is 4. The summed E-state index contributed by atoms with van der Waals surface area (Å²) in [6, 6.07) is 8.79. The third-order valence-electron chi connectivity index (χ3n) is 4.49. The summed E-state index contributed by atoms with van der Waals surface area (Å²) in [5.74, 6) is 0.843. The highest BCUT2D eigenvalue weighted by Gasteiger charge is 2.33. The molecule has 1 saturated carbocycles. The smallest absolute Gasteiger partial charge is 0.119 e. The summed E-state index contributed by atoms with van der Waals surface area (Å²) in [6.07, 6.45) is 5.52. The SMILES string of the molecule is OCCOc1cccc(CN2CCO[C@H]3CCCC[C@@H]32)c1. The number of nitrogens with zero attached hydrogens (tertiary/aromatic N) is 1. The predicted molar refractivity (Wildman–Crippen MR) is 81.4 cm³/mol. The molecule has 1 saturated heterocycles. The second-order valence-electron chi connectivity index (χ2n) is 5.95. The lowest BCUT2D eigenvalue weighted by Gasteiger charge is -2.43. The summed E-state index contributed by atoms with van der Waals surface area (Å²) in [7, 11) is 0. The molecule has 1 N–H and O–H groups in total. The van der Waals surface area contributed by atoms with E-state index in [1.807, 2.05) is 12.1 Å². The Balaban J connectivity index is 1.64. The maximum Gasteiger partial charge on any atom is 0.119 e. The number of morpholine rings is 1. The van der Waals surface area contributed by atoms with Gasteiger partial charge in [-0.25, -0.2) is 0 Å². The van der Waals surface area contributed by atoms with Crippen LogP contribution in [-0.2, 0) is 11.3 Å². The molecule has 1 heterocycles. The Labute approximate surface area is 126 Å². The first kappa shape index (κ1) is 14.8. The van der Waals surface area contributed by atoms with E-state index < -0.39 is 0 Å². The number of benzene rings is 1. The number of hydrogen-bond donors (Lipinski definition) is 1. The van der Waals surface area contributed by atoms with Gasteiger partial charge in [-0.05, 0) is 30.5 Å². The summed E-state index contributed by atoms with van der Waals surface area (Å²) < 4.78 is 11.4. The van der Waals surface area contributed by atoms with Crippen LogP contribution in [0.2, 0.25) is 0 Å². The number of fused-ring (bicyclic) bond motifs is 1. The summed E-state index contributed by atoms with van der Waals surface area (Å²) >= 11 is 0. The standard InChI is InChI=1S/C17H25NO3/c19-9-11-20-15-5-3-4-14(12-15)13-18-8-10-21-17-7-2-1-6-16(17)18/h3-5,12,16-17,19H,1-2,6-11,13H2/t16-,17-/m0/s1. The van der Waals surface area contributed by atoms with Crippen LogP contribution in [-0.4, -0.2) is 48.5 Å². The third-order valence-corrected chi connectivity index (χ3v) is 4.49. The van der Waals surface area contributed by atoms with E-state index in [-0.39, 0.29) is 6.61 Å². The zero-order valence-corrected chi connectivity index (χ0v) is 12.5. The monoisotopic (exact) mass is 291 g/mol. The molecular formula is C17H25NO3. The average molecular weight is 291 g/mol. The summed E-state index contributed by atoms with van der Waals surface area (Å²) in [5.41, 5.74) is 1.27. The molecule has 116 valence electrons. The molecule has 1 aromatic carbocycles. The fourth-order valence-corrected chi connectivity index (χ4v) is 3.50. The van der Waals surface area contributed by atoms with Crippen molar-refractivity contribution >= 4 is 0 Å². The van der Waals surface area contributed by atoms with E-state index in [1.54, 1.807) is 0 Å². The zero-order valence-electron chi connectivity index (χ0n) is 12.5. The van der Waals surface area contributed by atoms with Gasteiger partial charge < -0.3 is 14.6 Å². The zero-order chi connectivity index (χ0) is 14.5. The Morgan fingerprint density at radius 2 is 2.19 bits per heavy atom. The van der Waals surface area contributed by atoms with Crippen LogP contribution in [0, 0.1) is 0 Å². The molecule has 0 unspecified atom stereocenters. The van der Waals surface area contributed by atoms with Gasteiger partial charge in [0.25, 0.3) is 0 Å². The summed E-state index contributed by atoms with van der Waals surface area (Å²) in [6.45, 7) is 3.23. The van der Waals surface area contributed by atoms with E-state index in [0.717, 1.165) is 25.4 Å². The molecule has 4 heteroatoms. The van der Waals surface area contributed by atoms with Crippen molar-refractivity contribution in [1.82, 2.24) is 4.90 Å². The first-order chi connectivity index (χ1) is 10.4. The largest absolute Gasteiger partial charge is 0.491 e. The lowest BCUT2D eigenvalue weighted by Crippen LogP contribution is -2.52. The summed E-state index contributed by atoms with van der Waals surface area (Å²) in [5, 5.41) is 8.84. The highest BCUT2D eigenvalue weighted by molar-refractivity contribution is 5.28. The van der Waals surface area contributed by atoms with Crippen LogP contribution in [0.1, 0.15) is 31.2 Å². The van der Waals surface area contributed by atoms with Gasteiger partial charge in [-0.2, -0.15) is 0 Å². The van der Waals surface area contributed by atoms with Crippen LogP contribution in [0.25, 0.3) is 0 Å². The van der Waals surface area contributed by atoms with Gasteiger partial charge in [0.1, 0.15) is 12.4 Å². The van der Waals surface area contributed by atoms with Crippen LogP contribution in [0.15, 0.2) is 24.3 Å². The Kier molecular flexibility index (Phi) is 5.12. The molecule has 0 aromatic heterocycles.